The topological polar surface area (TPSA) is 0 Å². The average molecular weight is 465 g/mol. The van der Waals surface area contributed by atoms with E-state index in [0.717, 1.165) is 6.42 Å². The maximum Gasteiger partial charge on any atom is 0.176 e. The van der Waals surface area contributed by atoms with Gasteiger partial charge in [0.15, 0.2) is 8.07 Å². The van der Waals surface area contributed by atoms with Crippen LogP contribution < -0.4 is 15.6 Å². The molecule has 176 valence electrons. The first-order valence-corrected chi connectivity index (χ1v) is 14.9. The van der Waals surface area contributed by atoms with Crippen molar-refractivity contribution in [3.05, 3.63) is 112 Å². The van der Waals surface area contributed by atoms with Crippen LogP contribution in [-0.4, -0.2) is 8.07 Å². The van der Waals surface area contributed by atoms with E-state index in [-0.39, 0.29) is 0 Å². The molecule has 0 aromatic heterocycles. The Bertz CT molecular complexity index is 1100. The fourth-order valence-electron chi connectivity index (χ4n) is 5.48. The van der Waals surface area contributed by atoms with Crippen LogP contribution in [0.15, 0.2) is 95.7 Å². The minimum Gasteiger partial charge on any atom is -0.0806 e. The predicted molar refractivity (Wildman–Crippen MR) is 153 cm³/mol. The van der Waals surface area contributed by atoms with E-state index in [4.69, 9.17) is 0 Å². The van der Waals surface area contributed by atoms with Gasteiger partial charge in [0.25, 0.3) is 0 Å². The Kier molecular flexibility index (Phi) is 7.14. The smallest absolute Gasteiger partial charge is 0.0806 e. The highest BCUT2D eigenvalue weighted by atomic mass is 28.3. The van der Waals surface area contributed by atoms with E-state index < -0.39 is 8.07 Å². The molecule has 1 aliphatic rings. The molecule has 4 rings (SSSR count). The highest BCUT2D eigenvalue weighted by molar-refractivity contribution is 7.16. The van der Waals surface area contributed by atoms with Gasteiger partial charge in [-0.05, 0) is 63.3 Å². The molecule has 0 fully saturated rings. The van der Waals surface area contributed by atoms with Crippen LogP contribution in [0.4, 0.5) is 0 Å². The molecule has 0 heterocycles. The third kappa shape index (κ3) is 4.39. The van der Waals surface area contributed by atoms with Crippen LogP contribution in [0, 0.1) is 0 Å². The summed E-state index contributed by atoms with van der Waals surface area (Å²) in [5.41, 5.74) is 5.74. The Balaban J connectivity index is 2.15. The molecule has 0 bridgehead atoms. The van der Waals surface area contributed by atoms with E-state index in [1.807, 2.05) is 0 Å². The van der Waals surface area contributed by atoms with Crippen molar-refractivity contribution in [2.75, 3.05) is 0 Å². The van der Waals surface area contributed by atoms with Gasteiger partial charge in [-0.2, -0.15) is 0 Å². The van der Waals surface area contributed by atoms with E-state index in [9.17, 15) is 0 Å². The molecule has 0 N–H and O–H groups in total. The molecule has 34 heavy (non-hydrogen) atoms. The van der Waals surface area contributed by atoms with Gasteiger partial charge in [-0.15, -0.1) is 0 Å². The van der Waals surface area contributed by atoms with Crippen molar-refractivity contribution in [2.24, 2.45) is 0 Å². The highest BCUT2D eigenvalue weighted by Crippen LogP contribution is 2.30. The van der Waals surface area contributed by atoms with Crippen LogP contribution in [-0.2, 0) is 0 Å². The van der Waals surface area contributed by atoms with Gasteiger partial charge in [0, 0.05) is 0 Å². The van der Waals surface area contributed by atoms with Crippen LogP contribution in [0.3, 0.4) is 0 Å². The first-order chi connectivity index (χ1) is 16.2. The van der Waals surface area contributed by atoms with Gasteiger partial charge in [-0.25, -0.2) is 0 Å². The Labute approximate surface area is 208 Å². The Morgan fingerprint density at radius 2 is 0.971 bits per heavy atom. The SMILES string of the molecule is CC1=C([Si](c2cccc(C(C)C)c2)(c2cccc(C(C)C)c2)c2cccc(C(C)C)c2)CC=C1. The van der Waals surface area contributed by atoms with Crippen molar-refractivity contribution in [1.82, 2.24) is 0 Å². The zero-order valence-electron chi connectivity index (χ0n) is 22.0. The number of hydrogen-bond donors (Lipinski definition) is 0. The van der Waals surface area contributed by atoms with Gasteiger partial charge in [0.2, 0.25) is 0 Å². The molecule has 3 aromatic carbocycles. The minimum atomic E-state index is -2.47. The summed E-state index contributed by atoms with van der Waals surface area (Å²) in [6.07, 6.45) is 5.76. The van der Waals surface area contributed by atoms with Gasteiger partial charge < -0.3 is 0 Å². The van der Waals surface area contributed by atoms with Crippen LogP contribution in [0.2, 0.25) is 0 Å². The third-order valence-corrected chi connectivity index (χ3v) is 12.6. The summed E-state index contributed by atoms with van der Waals surface area (Å²) in [4.78, 5) is 0. The zero-order valence-corrected chi connectivity index (χ0v) is 23.0. The lowest BCUT2D eigenvalue weighted by Crippen LogP contribution is -2.69. The summed E-state index contributed by atoms with van der Waals surface area (Å²) in [6, 6.07) is 28.6. The van der Waals surface area contributed by atoms with Gasteiger partial charge >= 0.3 is 0 Å². The zero-order chi connectivity index (χ0) is 24.5. The molecule has 0 amide bonds. The molecule has 0 atom stereocenters. The highest BCUT2D eigenvalue weighted by Gasteiger charge is 2.44. The molecule has 0 saturated carbocycles. The summed E-state index contributed by atoms with van der Waals surface area (Å²) in [5, 5.41) is 6.17. The van der Waals surface area contributed by atoms with Crippen molar-refractivity contribution in [3.8, 4) is 0 Å². The standard InChI is InChI=1S/C33H40Si/c1-23(2)27-13-9-16-30(20-27)34(33-19-8-12-26(33)7,31-17-10-14-28(21-31)24(3)4)32-18-11-15-29(22-32)25(5)6/h8-18,20-25H,19H2,1-7H3. The second kappa shape index (κ2) is 9.92. The van der Waals surface area contributed by atoms with E-state index in [0.29, 0.717) is 17.8 Å². The number of allylic oxidation sites excluding steroid dienone is 4. The Morgan fingerprint density at radius 1 is 0.588 bits per heavy atom. The summed E-state index contributed by atoms with van der Waals surface area (Å²) < 4.78 is 0. The van der Waals surface area contributed by atoms with Crippen molar-refractivity contribution in [3.63, 3.8) is 0 Å². The van der Waals surface area contributed by atoms with E-state index in [1.165, 1.54) is 37.8 Å². The molecule has 0 spiro atoms. The van der Waals surface area contributed by atoms with E-state index in [2.05, 4.69) is 133 Å². The molecule has 0 aliphatic heterocycles. The third-order valence-electron chi connectivity index (χ3n) is 7.58. The van der Waals surface area contributed by atoms with Gasteiger partial charge in [-0.3, -0.25) is 0 Å². The monoisotopic (exact) mass is 464 g/mol. The van der Waals surface area contributed by atoms with Crippen LogP contribution in [0.25, 0.3) is 0 Å². The van der Waals surface area contributed by atoms with Crippen molar-refractivity contribution in [1.29, 1.82) is 0 Å². The molecular formula is C33H40Si. The van der Waals surface area contributed by atoms with Crippen molar-refractivity contribution >= 4 is 23.6 Å². The lowest BCUT2D eigenvalue weighted by molar-refractivity contribution is 0.867. The van der Waals surface area contributed by atoms with E-state index in [1.54, 1.807) is 5.20 Å². The summed E-state index contributed by atoms with van der Waals surface area (Å²) in [7, 11) is -2.47. The summed E-state index contributed by atoms with van der Waals surface area (Å²) in [6.45, 7) is 16.2. The fraction of sp³-hybridized carbons (Fsp3) is 0.333. The maximum atomic E-state index is 2.53. The predicted octanol–water partition coefficient (Wildman–Crippen LogP) is 7.34. The molecule has 1 heteroatoms. The van der Waals surface area contributed by atoms with Gasteiger partial charge in [-0.1, -0.05) is 137 Å². The molecule has 3 aromatic rings. The molecular weight excluding hydrogens is 424 g/mol. The maximum absolute atomic E-state index is 2.53. The lowest BCUT2D eigenvalue weighted by atomic mass is 10.0. The normalized spacial score (nSPS) is 14.2. The molecule has 0 unspecified atom stereocenters. The summed E-state index contributed by atoms with van der Waals surface area (Å²) >= 11 is 0. The second-order valence-corrected chi connectivity index (χ2v) is 14.7. The number of benzene rings is 3. The van der Waals surface area contributed by atoms with Crippen LogP contribution >= 0.6 is 0 Å². The fourth-order valence-corrected chi connectivity index (χ4v) is 10.8. The average Bonchev–Trinajstić information content (AvgIpc) is 3.26. The summed E-state index contributed by atoms with van der Waals surface area (Å²) in [5.74, 6) is 1.52. The molecule has 0 radical (unpaired) electrons. The van der Waals surface area contributed by atoms with Crippen molar-refractivity contribution < 1.29 is 0 Å². The molecule has 1 aliphatic carbocycles. The first kappa shape index (κ1) is 24.5. The minimum absolute atomic E-state index is 0.507. The van der Waals surface area contributed by atoms with Crippen LogP contribution in [0.1, 0.15) is 89.3 Å². The second-order valence-electron chi connectivity index (χ2n) is 10.9. The number of rotatable bonds is 7. The molecule has 0 nitrogen and oxygen atoms in total. The van der Waals surface area contributed by atoms with Gasteiger partial charge in [0.05, 0.1) is 0 Å². The van der Waals surface area contributed by atoms with Gasteiger partial charge in [0.1, 0.15) is 0 Å². The lowest BCUT2D eigenvalue weighted by Gasteiger charge is -2.37. The Hall–Kier alpha value is -2.64. The van der Waals surface area contributed by atoms with Crippen molar-refractivity contribution in [2.45, 2.75) is 72.6 Å². The quantitative estimate of drug-likeness (QED) is 0.253. The largest absolute Gasteiger partial charge is 0.176 e. The number of hydrogen-bond acceptors (Lipinski definition) is 0. The molecule has 0 saturated heterocycles. The first-order valence-electron chi connectivity index (χ1n) is 12.9. The van der Waals surface area contributed by atoms with E-state index >= 15 is 0 Å². The van der Waals surface area contributed by atoms with Crippen LogP contribution in [0.5, 0.6) is 0 Å². The Morgan fingerprint density at radius 3 is 1.26 bits per heavy atom.